The summed E-state index contributed by atoms with van der Waals surface area (Å²) in [5.41, 5.74) is 4.55. The zero-order valence-corrected chi connectivity index (χ0v) is 28.7. The molecule has 3 atom stereocenters. The normalized spacial score (nSPS) is 18.8. The topological polar surface area (TPSA) is 101 Å². The second-order valence-corrected chi connectivity index (χ2v) is 13.3. The number of hydrogen-bond donors (Lipinski definition) is 2. The van der Waals surface area contributed by atoms with Crippen LogP contribution in [0.25, 0.3) is 33.6 Å². The van der Waals surface area contributed by atoms with Crippen LogP contribution >= 0.6 is 0 Å². The Morgan fingerprint density at radius 2 is 1.42 bits per heavy atom. The summed E-state index contributed by atoms with van der Waals surface area (Å²) in [5.74, 6) is 1.54. The average molecular weight is 653 g/mol. The van der Waals surface area contributed by atoms with Crippen molar-refractivity contribution in [3.05, 3.63) is 78.7 Å². The number of hydrogen-bond acceptors (Lipinski definition) is 5. The number of nitrogens with zero attached hydrogens (tertiary/aromatic N) is 5. The largest absolute Gasteiger partial charge is 0.340 e. The third kappa shape index (κ3) is 6.81. The molecule has 2 aromatic carbocycles. The molecular weight excluding hydrogens is 605 g/mol. The highest BCUT2D eigenvalue weighted by atomic mass is 19.1. The molecule has 4 aromatic rings. The van der Waals surface area contributed by atoms with E-state index in [1.165, 1.54) is 0 Å². The van der Waals surface area contributed by atoms with Gasteiger partial charge in [0, 0.05) is 18.7 Å². The fourth-order valence-corrected chi connectivity index (χ4v) is 7.23. The third-order valence-electron chi connectivity index (χ3n) is 9.88. The number of benzene rings is 2. The van der Waals surface area contributed by atoms with E-state index in [1.807, 2.05) is 67.1 Å². The van der Waals surface area contributed by atoms with Crippen LogP contribution < -0.4 is 0 Å². The van der Waals surface area contributed by atoms with Crippen LogP contribution in [0.3, 0.4) is 0 Å². The molecule has 9 nitrogen and oxygen atoms in total. The van der Waals surface area contributed by atoms with Gasteiger partial charge in [-0.05, 0) is 80.4 Å². The molecule has 2 aliphatic heterocycles. The number of aromatic amines is 2. The number of likely N-dealkylation sites (N-methyl/N-ethyl adjacent to an activating group) is 1. The Morgan fingerprint density at radius 1 is 0.854 bits per heavy atom. The Hall–Kier alpha value is -4.31. The molecule has 10 heteroatoms. The van der Waals surface area contributed by atoms with Crippen LogP contribution in [0, 0.1) is 18.2 Å². The number of rotatable bonds is 11. The highest BCUT2D eigenvalue weighted by molar-refractivity contribution is 5.85. The van der Waals surface area contributed by atoms with E-state index in [0.29, 0.717) is 23.6 Å². The van der Waals surface area contributed by atoms with Crippen molar-refractivity contribution >= 4 is 11.8 Å². The lowest BCUT2D eigenvalue weighted by molar-refractivity contribution is -0.137. The number of carbonyl (C=O) groups excluding carboxylic acids is 2. The van der Waals surface area contributed by atoms with Gasteiger partial charge < -0.3 is 19.8 Å². The predicted octanol–water partition coefficient (Wildman–Crippen LogP) is 7.19. The van der Waals surface area contributed by atoms with E-state index < -0.39 is 0 Å². The molecule has 0 saturated carbocycles. The van der Waals surface area contributed by atoms with E-state index >= 15 is 4.39 Å². The molecule has 2 aliphatic rings. The third-order valence-corrected chi connectivity index (χ3v) is 9.88. The molecule has 1 radical (unpaired) electrons. The van der Waals surface area contributed by atoms with Crippen molar-refractivity contribution < 1.29 is 14.0 Å². The highest BCUT2D eigenvalue weighted by Crippen LogP contribution is 2.35. The average Bonchev–Trinajstić information content (AvgIpc) is 3.91. The maximum absolute atomic E-state index is 15.6. The minimum atomic E-state index is -0.343. The lowest BCUT2D eigenvalue weighted by Crippen LogP contribution is -2.46. The summed E-state index contributed by atoms with van der Waals surface area (Å²) in [4.78, 5) is 48.1. The smallest absolute Gasteiger partial charge is 0.240 e. The quantitative estimate of drug-likeness (QED) is 0.179. The maximum atomic E-state index is 15.6. The van der Waals surface area contributed by atoms with Gasteiger partial charge in [-0.15, -0.1) is 0 Å². The predicted molar refractivity (Wildman–Crippen MR) is 186 cm³/mol. The molecule has 2 N–H and O–H groups in total. The maximum Gasteiger partial charge on any atom is 0.240 e. The van der Waals surface area contributed by atoms with E-state index in [-0.39, 0.29) is 41.7 Å². The first-order valence-electron chi connectivity index (χ1n) is 17.4. The van der Waals surface area contributed by atoms with Crippen molar-refractivity contribution in [1.82, 2.24) is 34.6 Å². The first-order chi connectivity index (χ1) is 23.2. The second kappa shape index (κ2) is 14.4. The summed E-state index contributed by atoms with van der Waals surface area (Å²) in [6, 6.07) is 12.8. The van der Waals surface area contributed by atoms with Crippen LogP contribution in [0.15, 0.2) is 54.9 Å². The monoisotopic (exact) mass is 652 g/mol. The first kappa shape index (κ1) is 33.6. The van der Waals surface area contributed by atoms with Crippen molar-refractivity contribution in [2.24, 2.45) is 5.92 Å². The molecule has 6 rings (SSSR count). The summed E-state index contributed by atoms with van der Waals surface area (Å²) in [6.45, 7) is 13.2. The van der Waals surface area contributed by atoms with E-state index in [1.54, 1.807) is 24.8 Å². The molecule has 0 spiro atoms. The van der Waals surface area contributed by atoms with Crippen LogP contribution in [0.5, 0.6) is 0 Å². The van der Waals surface area contributed by atoms with Gasteiger partial charge in [0.1, 0.15) is 17.5 Å². The minimum Gasteiger partial charge on any atom is -0.340 e. The molecule has 2 amide bonds. The number of nitrogens with one attached hydrogen (secondary N) is 2. The molecule has 2 aromatic heterocycles. The van der Waals surface area contributed by atoms with Crippen molar-refractivity contribution in [3.8, 4) is 33.6 Å². The van der Waals surface area contributed by atoms with Gasteiger partial charge in [0.25, 0.3) is 0 Å². The number of aromatic nitrogens is 4. The molecule has 0 unspecified atom stereocenters. The van der Waals surface area contributed by atoms with Crippen molar-refractivity contribution in [2.75, 3.05) is 26.2 Å². The zero-order valence-electron chi connectivity index (χ0n) is 28.7. The van der Waals surface area contributed by atoms with Crippen LogP contribution in [0.4, 0.5) is 4.39 Å². The lowest BCUT2D eigenvalue weighted by Gasteiger charge is -2.31. The number of amides is 2. The number of H-pyrrole nitrogens is 2. The Balaban J connectivity index is 1.14. The molecular formula is C38H47FN7O2. The summed E-state index contributed by atoms with van der Waals surface area (Å²) >= 11 is 0. The first-order valence-corrected chi connectivity index (χ1v) is 17.4. The van der Waals surface area contributed by atoms with Gasteiger partial charge in [0.2, 0.25) is 11.8 Å². The Bertz CT molecular complexity index is 1720. The van der Waals surface area contributed by atoms with Crippen LogP contribution in [0.1, 0.15) is 84.0 Å². The van der Waals surface area contributed by atoms with E-state index in [9.17, 15) is 9.59 Å². The van der Waals surface area contributed by atoms with Gasteiger partial charge in [-0.25, -0.2) is 14.4 Å². The number of carbonyl (C=O) groups is 2. The molecule has 253 valence electrons. The molecule has 0 bridgehead atoms. The Morgan fingerprint density at radius 3 is 2.04 bits per heavy atom. The van der Waals surface area contributed by atoms with E-state index in [2.05, 4.69) is 38.7 Å². The SMILES string of the molecule is CCN(CC)[C@H](C)C(=O)N1CCC[C@H]1c1ncc(-c2ccc(-c3ccc(-c4cnc([C@@H]5CCCN5C(=O)[CH]C(C)C)[nH]4)cc3)cc2F)[nH]1. The Labute approximate surface area is 283 Å². The highest BCUT2D eigenvalue weighted by Gasteiger charge is 2.36. The zero-order chi connectivity index (χ0) is 33.9. The molecule has 0 aliphatic carbocycles. The lowest BCUT2D eigenvalue weighted by atomic mass is 10.0. The summed E-state index contributed by atoms with van der Waals surface area (Å²) in [5, 5.41) is 0. The fourth-order valence-electron chi connectivity index (χ4n) is 7.23. The summed E-state index contributed by atoms with van der Waals surface area (Å²) < 4.78 is 15.6. The van der Waals surface area contributed by atoms with Crippen LogP contribution in [0.2, 0.25) is 0 Å². The molecule has 2 fully saturated rings. The summed E-state index contributed by atoms with van der Waals surface area (Å²) in [7, 11) is 0. The van der Waals surface area contributed by atoms with Crippen LogP contribution in [-0.4, -0.2) is 78.7 Å². The molecule has 4 heterocycles. The van der Waals surface area contributed by atoms with Gasteiger partial charge in [0.05, 0.1) is 48.3 Å². The van der Waals surface area contributed by atoms with Crippen molar-refractivity contribution in [3.63, 3.8) is 0 Å². The number of imidazole rings is 2. The van der Waals surface area contributed by atoms with Gasteiger partial charge in [-0.3, -0.25) is 14.5 Å². The van der Waals surface area contributed by atoms with Gasteiger partial charge in [-0.1, -0.05) is 58.0 Å². The second-order valence-electron chi connectivity index (χ2n) is 13.3. The van der Waals surface area contributed by atoms with E-state index in [0.717, 1.165) is 73.5 Å². The van der Waals surface area contributed by atoms with Crippen molar-refractivity contribution in [2.45, 2.75) is 78.4 Å². The standard InChI is InChI=1S/C38H47FN7O2/c1-6-44(7-2)25(5)38(48)46-19-9-11-34(46)37-41-23-32(43-37)29-17-16-28(21-30(29)39)26-12-14-27(15-13-26)31-22-40-36(42-31)33-10-8-18-45(33)35(47)20-24(3)4/h12-17,20-25,33-34H,6-11,18-19H2,1-5H3,(H,40,42)(H,41,43)/t25-,33+,34+/m1/s1. The van der Waals surface area contributed by atoms with E-state index in [4.69, 9.17) is 0 Å². The van der Waals surface area contributed by atoms with Gasteiger partial charge in [-0.2, -0.15) is 0 Å². The van der Waals surface area contributed by atoms with Gasteiger partial charge >= 0.3 is 0 Å². The molecule has 48 heavy (non-hydrogen) atoms. The minimum absolute atomic E-state index is 0.0474. The van der Waals surface area contributed by atoms with Gasteiger partial charge in [0.15, 0.2) is 0 Å². The Kier molecular flexibility index (Phi) is 10.1. The van der Waals surface area contributed by atoms with Crippen molar-refractivity contribution in [1.29, 1.82) is 0 Å². The van der Waals surface area contributed by atoms with Crippen LogP contribution in [-0.2, 0) is 9.59 Å². The summed E-state index contributed by atoms with van der Waals surface area (Å²) in [6.07, 6.45) is 8.84. The number of halogens is 1. The fraction of sp³-hybridized carbons (Fsp3) is 0.447. The number of likely N-dealkylation sites (tertiary alicyclic amines) is 2. The molecule has 2 saturated heterocycles.